The fourth-order valence-corrected chi connectivity index (χ4v) is 4.62. The summed E-state index contributed by atoms with van der Waals surface area (Å²) in [6.07, 6.45) is 3.74. The van der Waals surface area contributed by atoms with Crippen LogP contribution in [0.15, 0.2) is 45.9 Å². The molecule has 8 nitrogen and oxygen atoms in total. The van der Waals surface area contributed by atoms with Crippen LogP contribution in [0.3, 0.4) is 0 Å². The molecule has 0 amide bonds. The van der Waals surface area contributed by atoms with Crippen LogP contribution in [-0.4, -0.2) is 62.7 Å². The van der Waals surface area contributed by atoms with Crippen molar-refractivity contribution >= 4 is 22.3 Å². The third kappa shape index (κ3) is 4.36. The number of fused-ring (bicyclic) bond motifs is 2. The molecule has 172 valence electrons. The number of aromatic nitrogens is 3. The van der Waals surface area contributed by atoms with Crippen LogP contribution in [-0.2, 0) is 0 Å². The van der Waals surface area contributed by atoms with Crippen molar-refractivity contribution < 1.29 is 9.52 Å². The van der Waals surface area contributed by atoms with E-state index in [1.54, 1.807) is 0 Å². The number of hydrogen-bond donors (Lipinski definition) is 1. The first-order chi connectivity index (χ1) is 15.7. The van der Waals surface area contributed by atoms with E-state index in [1.165, 1.54) is 0 Å². The van der Waals surface area contributed by atoms with Crippen LogP contribution in [0.25, 0.3) is 27.9 Å². The zero-order valence-electron chi connectivity index (χ0n) is 19.5. The number of aliphatic hydroxyl groups is 1. The summed E-state index contributed by atoms with van der Waals surface area (Å²) in [5.74, 6) is 0. The molecule has 8 heteroatoms. The molecular formula is C25H29N5O3. The summed E-state index contributed by atoms with van der Waals surface area (Å²) >= 11 is 0. The van der Waals surface area contributed by atoms with E-state index in [9.17, 15) is 9.90 Å². The van der Waals surface area contributed by atoms with Crippen molar-refractivity contribution in [3.63, 3.8) is 0 Å². The first kappa shape index (κ1) is 21.6. The van der Waals surface area contributed by atoms with Crippen LogP contribution in [0.2, 0.25) is 0 Å². The minimum absolute atomic E-state index is 0.402. The first-order valence-corrected chi connectivity index (χ1v) is 11.3. The summed E-state index contributed by atoms with van der Waals surface area (Å²) in [6, 6.07) is 7.85. The molecule has 3 aromatic heterocycles. The van der Waals surface area contributed by atoms with Gasteiger partial charge in [-0.05, 0) is 45.9 Å². The van der Waals surface area contributed by atoms with Gasteiger partial charge in [-0.25, -0.2) is 9.78 Å². The highest BCUT2D eigenvalue weighted by atomic mass is 16.4. The van der Waals surface area contributed by atoms with E-state index in [0.29, 0.717) is 23.4 Å². The van der Waals surface area contributed by atoms with Gasteiger partial charge in [0.25, 0.3) is 0 Å². The summed E-state index contributed by atoms with van der Waals surface area (Å²) in [7, 11) is 0. The zero-order valence-corrected chi connectivity index (χ0v) is 19.5. The quantitative estimate of drug-likeness (QED) is 0.481. The maximum absolute atomic E-state index is 12.9. The molecule has 1 aromatic carbocycles. The van der Waals surface area contributed by atoms with Gasteiger partial charge in [-0.1, -0.05) is 0 Å². The highest BCUT2D eigenvalue weighted by molar-refractivity contribution is 5.84. The van der Waals surface area contributed by atoms with Crippen molar-refractivity contribution in [1.82, 2.24) is 19.3 Å². The number of aryl methyl sites for hydroxylation is 2. The lowest BCUT2D eigenvalue weighted by Crippen LogP contribution is -2.50. The summed E-state index contributed by atoms with van der Waals surface area (Å²) in [4.78, 5) is 26.5. The van der Waals surface area contributed by atoms with Crippen LogP contribution in [0.4, 0.5) is 5.69 Å². The number of benzene rings is 1. The smallest absolute Gasteiger partial charge is 0.345 e. The predicted octanol–water partition coefficient (Wildman–Crippen LogP) is 3.01. The normalized spacial score (nSPS) is 15.6. The second-order valence-electron chi connectivity index (χ2n) is 9.57. The van der Waals surface area contributed by atoms with E-state index in [1.807, 2.05) is 62.7 Å². The van der Waals surface area contributed by atoms with Gasteiger partial charge in [0.05, 0.1) is 28.2 Å². The lowest BCUT2D eigenvalue weighted by molar-refractivity contribution is 0.0345. The summed E-state index contributed by atoms with van der Waals surface area (Å²) in [6.45, 7) is 11.7. The zero-order chi connectivity index (χ0) is 23.3. The molecule has 1 aliphatic heterocycles. The summed E-state index contributed by atoms with van der Waals surface area (Å²) in [5.41, 5.74) is 3.96. The predicted molar refractivity (Wildman–Crippen MR) is 129 cm³/mol. The van der Waals surface area contributed by atoms with Crippen LogP contribution in [0.5, 0.6) is 0 Å². The maximum Gasteiger partial charge on any atom is 0.345 e. The Morgan fingerprint density at radius 3 is 2.55 bits per heavy atom. The van der Waals surface area contributed by atoms with E-state index in [0.717, 1.165) is 54.3 Å². The van der Waals surface area contributed by atoms with Crippen LogP contribution >= 0.6 is 0 Å². The number of nitrogens with zero attached hydrogens (tertiary/aromatic N) is 5. The first-order valence-electron chi connectivity index (χ1n) is 11.3. The topological polar surface area (TPSA) is 87.1 Å². The lowest BCUT2D eigenvalue weighted by Gasteiger charge is -2.38. The van der Waals surface area contributed by atoms with Crippen LogP contribution in [0, 0.1) is 13.8 Å². The summed E-state index contributed by atoms with van der Waals surface area (Å²) < 4.78 is 7.63. The van der Waals surface area contributed by atoms with E-state index >= 15 is 0 Å². The number of rotatable bonds is 4. The Balaban J connectivity index is 1.42. The molecule has 0 bridgehead atoms. The molecular weight excluding hydrogens is 418 g/mol. The molecule has 1 fully saturated rings. The Morgan fingerprint density at radius 2 is 1.82 bits per heavy atom. The van der Waals surface area contributed by atoms with E-state index in [2.05, 4.69) is 25.8 Å². The Bertz CT molecular complexity index is 1390. The number of piperazine rings is 1. The van der Waals surface area contributed by atoms with Crippen molar-refractivity contribution in [3.05, 3.63) is 58.5 Å². The van der Waals surface area contributed by atoms with Gasteiger partial charge in [0.1, 0.15) is 5.58 Å². The van der Waals surface area contributed by atoms with Gasteiger partial charge < -0.3 is 18.8 Å². The van der Waals surface area contributed by atoms with Gasteiger partial charge in [-0.3, -0.25) is 9.88 Å². The minimum Gasteiger partial charge on any atom is -0.422 e. The number of anilines is 1. The number of imidazole rings is 1. The Hall–Kier alpha value is -3.23. The molecule has 1 aliphatic rings. The maximum atomic E-state index is 12.9. The van der Waals surface area contributed by atoms with Crippen molar-refractivity contribution in [2.75, 3.05) is 37.6 Å². The van der Waals surface area contributed by atoms with Gasteiger partial charge in [0.15, 0.2) is 5.65 Å². The van der Waals surface area contributed by atoms with E-state index < -0.39 is 11.2 Å². The SMILES string of the molecule is Cc1cn2cc(-c3cc4ccc(N5CCN(CC(C)(C)O)CC5)cc4oc3=O)nc2c(C)n1. The van der Waals surface area contributed by atoms with Gasteiger partial charge in [0, 0.05) is 62.3 Å². The molecule has 0 spiro atoms. The fourth-order valence-electron chi connectivity index (χ4n) is 4.62. The Morgan fingerprint density at radius 1 is 1.06 bits per heavy atom. The second kappa shape index (κ2) is 7.97. The third-order valence-corrected chi connectivity index (χ3v) is 6.07. The Kier molecular flexibility index (Phi) is 5.22. The molecule has 33 heavy (non-hydrogen) atoms. The average Bonchev–Trinajstić information content (AvgIpc) is 3.16. The Labute approximate surface area is 192 Å². The van der Waals surface area contributed by atoms with Crippen molar-refractivity contribution in [2.24, 2.45) is 0 Å². The monoisotopic (exact) mass is 447 g/mol. The average molecular weight is 448 g/mol. The van der Waals surface area contributed by atoms with Gasteiger partial charge in [-0.15, -0.1) is 0 Å². The van der Waals surface area contributed by atoms with Gasteiger partial charge in [0.2, 0.25) is 0 Å². The van der Waals surface area contributed by atoms with Crippen molar-refractivity contribution in [2.45, 2.75) is 33.3 Å². The molecule has 0 radical (unpaired) electrons. The van der Waals surface area contributed by atoms with E-state index in [4.69, 9.17) is 4.42 Å². The van der Waals surface area contributed by atoms with Crippen LogP contribution < -0.4 is 10.5 Å². The minimum atomic E-state index is -0.693. The molecule has 0 atom stereocenters. The van der Waals surface area contributed by atoms with E-state index in [-0.39, 0.29) is 0 Å². The standard InChI is InChI=1S/C25H29N5O3/c1-16-13-30-14-21(27-23(30)17(2)26-16)20-11-18-5-6-19(12-22(18)33-24(20)31)29-9-7-28(8-10-29)15-25(3,4)32/h5-6,11-14,32H,7-10,15H2,1-4H3. The third-order valence-electron chi connectivity index (χ3n) is 6.07. The van der Waals surface area contributed by atoms with Crippen molar-refractivity contribution in [1.29, 1.82) is 0 Å². The molecule has 0 aliphatic carbocycles. The van der Waals surface area contributed by atoms with Gasteiger partial charge in [-0.2, -0.15) is 0 Å². The molecule has 1 N–H and O–H groups in total. The molecule has 5 rings (SSSR count). The molecule has 4 heterocycles. The molecule has 4 aromatic rings. The van der Waals surface area contributed by atoms with Crippen molar-refractivity contribution in [3.8, 4) is 11.3 Å². The molecule has 0 saturated carbocycles. The molecule has 1 saturated heterocycles. The number of β-amino-alcohol motifs (C(OH)–C–C–N with tert-alkyl or cyclic N) is 1. The highest BCUT2D eigenvalue weighted by Crippen LogP contribution is 2.26. The number of hydrogen-bond acceptors (Lipinski definition) is 7. The van der Waals surface area contributed by atoms with Crippen LogP contribution in [0.1, 0.15) is 25.2 Å². The highest BCUT2D eigenvalue weighted by Gasteiger charge is 2.23. The summed E-state index contributed by atoms with van der Waals surface area (Å²) in [5, 5.41) is 10.9. The fraction of sp³-hybridized carbons (Fsp3) is 0.400. The largest absolute Gasteiger partial charge is 0.422 e. The molecule has 0 unspecified atom stereocenters. The second-order valence-corrected chi connectivity index (χ2v) is 9.57. The van der Waals surface area contributed by atoms with Gasteiger partial charge >= 0.3 is 5.63 Å². The lowest BCUT2D eigenvalue weighted by atomic mass is 10.1.